The maximum Gasteiger partial charge on any atom is 0.271 e. The Balaban J connectivity index is 2.45. The lowest BCUT2D eigenvalue weighted by Crippen LogP contribution is -2.06. The maximum atomic E-state index is 11.5. The molecule has 0 amide bonds. The first-order valence-electron chi connectivity index (χ1n) is 4.45. The molecule has 0 bridgehead atoms. The Bertz CT molecular complexity index is 513. The fourth-order valence-corrected chi connectivity index (χ4v) is 1.35. The third-order valence-corrected chi connectivity index (χ3v) is 2.04. The van der Waals surface area contributed by atoms with Gasteiger partial charge in [-0.05, 0) is 17.7 Å². The van der Waals surface area contributed by atoms with Crippen LogP contribution >= 0.6 is 0 Å². The van der Waals surface area contributed by atoms with Crippen molar-refractivity contribution in [3.63, 3.8) is 0 Å². The van der Waals surface area contributed by atoms with Crippen molar-refractivity contribution in [2.24, 2.45) is 0 Å². The van der Waals surface area contributed by atoms with E-state index in [1.165, 1.54) is 4.68 Å². The van der Waals surface area contributed by atoms with Crippen LogP contribution < -0.4 is 5.56 Å². The summed E-state index contributed by atoms with van der Waals surface area (Å²) in [5.41, 5.74) is 1.12. The van der Waals surface area contributed by atoms with Crippen LogP contribution in [0, 0.1) is 0 Å². The van der Waals surface area contributed by atoms with E-state index in [2.05, 4.69) is 10.1 Å². The normalized spacial score (nSPS) is 10.1. The van der Waals surface area contributed by atoms with Gasteiger partial charge in [0.1, 0.15) is 6.29 Å². The van der Waals surface area contributed by atoms with E-state index in [1.54, 1.807) is 30.7 Å². The van der Waals surface area contributed by atoms with Crippen molar-refractivity contribution in [3.05, 3.63) is 41.1 Å². The Morgan fingerprint density at radius 3 is 2.80 bits per heavy atom. The number of pyridine rings is 1. The molecule has 1 N–H and O–H groups in total. The third kappa shape index (κ3) is 1.85. The molecule has 76 valence electrons. The highest BCUT2D eigenvalue weighted by atomic mass is 16.1. The van der Waals surface area contributed by atoms with Gasteiger partial charge in [0.2, 0.25) is 0 Å². The van der Waals surface area contributed by atoms with Gasteiger partial charge in [-0.2, -0.15) is 0 Å². The zero-order chi connectivity index (χ0) is 10.7. The summed E-state index contributed by atoms with van der Waals surface area (Å²) in [7, 11) is 0. The van der Waals surface area contributed by atoms with Crippen molar-refractivity contribution in [2.45, 2.75) is 6.54 Å². The van der Waals surface area contributed by atoms with Crippen molar-refractivity contribution in [1.82, 2.24) is 14.8 Å². The summed E-state index contributed by atoms with van der Waals surface area (Å²) in [6.45, 7) is 0.153. The monoisotopic (exact) mass is 203 g/mol. The van der Waals surface area contributed by atoms with E-state index in [0.29, 0.717) is 5.56 Å². The second-order valence-corrected chi connectivity index (χ2v) is 3.04. The van der Waals surface area contributed by atoms with Gasteiger partial charge in [-0.3, -0.25) is 19.6 Å². The first-order chi connectivity index (χ1) is 7.31. The molecule has 2 aromatic heterocycles. The Kier molecular flexibility index (Phi) is 2.45. The topological polar surface area (TPSA) is 67.8 Å². The Morgan fingerprint density at radius 1 is 1.40 bits per heavy atom. The standard InChI is InChI=1S/C10H9N3O2/c14-6-5-13-7-9(10(15)12-13)8-1-3-11-4-2-8/h1-4,6-7H,5H2,(H,12,15). The molecule has 2 aromatic rings. The van der Waals surface area contributed by atoms with Gasteiger partial charge < -0.3 is 4.79 Å². The highest BCUT2D eigenvalue weighted by Gasteiger charge is 2.05. The summed E-state index contributed by atoms with van der Waals surface area (Å²) in [4.78, 5) is 25.6. The average molecular weight is 203 g/mol. The number of nitrogens with one attached hydrogen (secondary N) is 1. The lowest BCUT2D eigenvalue weighted by atomic mass is 10.1. The maximum absolute atomic E-state index is 11.5. The molecule has 0 aromatic carbocycles. The van der Waals surface area contributed by atoms with Crippen LogP contribution in [0.3, 0.4) is 0 Å². The van der Waals surface area contributed by atoms with Crippen LogP contribution in [-0.4, -0.2) is 21.1 Å². The van der Waals surface area contributed by atoms with Crippen LogP contribution in [0.2, 0.25) is 0 Å². The van der Waals surface area contributed by atoms with Crippen molar-refractivity contribution in [2.75, 3.05) is 0 Å². The predicted octanol–water partition coefficient (Wildman–Crippen LogP) is 0.437. The number of rotatable bonds is 3. The zero-order valence-electron chi connectivity index (χ0n) is 7.88. The predicted molar refractivity (Wildman–Crippen MR) is 54.3 cm³/mol. The van der Waals surface area contributed by atoms with Gasteiger partial charge >= 0.3 is 0 Å². The average Bonchev–Trinajstić information content (AvgIpc) is 2.61. The number of carbonyl (C=O) groups is 1. The van der Waals surface area contributed by atoms with Crippen molar-refractivity contribution >= 4 is 6.29 Å². The van der Waals surface area contributed by atoms with Gasteiger partial charge in [0, 0.05) is 18.6 Å². The fourth-order valence-electron chi connectivity index (χ4n) is 1.35. The number of aldehydes is 1. The third-order valence-electron chi connectivity index (χ3n) is 2.04. The number of carbonyl (C=O) groups excluding carboxylic acids is 1. The Morgan fingerprint density at radius 2 is 2.13 bits per heavy atom. The van der Waals surface area contributed by atoms with E-state index >= 15 is 0 Å². The number of H-pyrrole nitrogens is 1. The summed E-state index contributed by atoms with van der Waals surface area (Å²) < 4.78 is 1.45. The molecule has 15 heavy (non-hydrogen) atoms. The highest BCUT2D eigenvalue weighted by molar-refractivity contribution is 5.61. The molecule has 0 radical (unpaired) electrons. The summed E-state index contributed by atoms with van der Waals surface area (Å²) in [6, 6.07) is 3.49. The fraction of sp³-hybridized carbons (Fsp3) is 0.100. The van der Waals surface area contributed by atoms with Gasteiger partial charge in [0.15, 0.2) is 0 Å². The minimum atomic E-state index is -0.206. The summed E-state index contributed by atoms with van der Waals surface area (Å²) in [5.74, 6) is 0. The van der Waals surface area contributed by atoms with Crippen LogP contribution in [0.1, 0.15) is 0 Å². The number of aromatic nitrogens is 3. The molecular formula is C10H9N3O2. The Hall–Kier alpha value is -2.17. The molecule has 0 saturated heterocycles. The Labute approximate surface area is 85.4 Å². The number of nitrogens with zero attached hydrogens (tertiary/aromatic N) is 2. The second kappa shape index (κ2) is 3.91. The van der Waals surface area contributed by atoms with Crippen LogP contribution in [0.15, 0.2) is 35.5 Å². The summed E-state index contributed by atoms with van der Waals surface area (Å²) in [6.07, 6.45) is 5.58. The number of aromatic amines is 1. The van der Waals surface area contributed by atoms with E-state index in [-0.39, 0.29) is 12.1 Å². The van der Waals surface area contributed by atoms with E-state index in [9.17, 15) is 9.59 Å². The lowest BCUT2D eigenvalue weighted by Gasteiger charge is -1.93. The minimum Gasteiger partial charge on any atom is -0.301 e. The van der Waals surface area contributed by atoms with Crippen molar-refractivity contribution < 1.29 is 4.79 Å². The van der Waals surface area contributed by atoms with Gasteiger partial charge in [0.05, 0.1) is 12.1 Å². The molecule has 2 heterocycles. The molecular weight excluding hydrogens is 194 g/mol. The van der Waals surface area contributed by atoms with Gasteiger partial charge in [-0.15, -0.1) is 0 Å². The first-order valence-corrected chi connectivity index (χ1v) is 4.45. The smallest absolute Gasteiger partial charge is 0.271 e. The minimum absolute atomic E-state index is 0.153. The first kappa shape index (κ1) is 9.39. The number of hydrogen-bond acceptors (Lipinski definition) is 3. The zero-order valence-corrected chi connectivity index (χ0v) is 7.88. The van der Waals surface area contributed by atoms with Crippen LogP contribution in [-0.2, 0) is 11.3 Å². The van der Waals surface area contributed by atoms with Crippen LogP contribution in [0.4, 0.5) is 0 Å². The van der Waals surface area contributed by atoms with E-state index in [1.807, 2.05) is 0 Å². The molecule has 0 fully saturated rings. The van der Waals surface area contributed by atoms with E-state index in [4.69, 9.17) is 0 Å². The molecule has 0 saturated carbocycles. The van der Waals surface area contributed by atoms with Crippen LogP contribution in [0.5, 0.6) is 0 Å². The molecule has 0 atom stereocenters. The molecule has 0 spiro atoms. The highest BCUT2D eigenvalue weighted by Crippen LogP contribution is 2.12. The molecule has 0 aliphatic carbocycles. The number of hydrogen-bond donors (Lipinski definition) is 1. The van der Waals surface area contributed by atoms with Gasteiger partial charge in [-0.25, -0.2) is 0 Å². The van der Waals surface area contributed by atoms with E-state index in [0.717, 1.165) is 11.8 Å². The molecule has 0 unspecified atom stereocenters. The quantitative estimate of drug-likeness (QED) is 0.736. The summed E-state index contributed by atoms with van der Waals surface area (Å²) in [5, 5.41) is 2.55. The molecule has 0 aliphatic rings. The van der Waals surface area contributed by atoms with Gasteiger partial charge in [0.25, 0.3) is 5.56 Å². The van der Waals surface area contributed by atoms with Gasteiger partial charge in [-0.1, -0.05) is 0 Å². The second-order valence-electron chi connectivity index (χ2n) is 3.04. The lowest BCUT2D eigenvalue weighted by molar-refractivity contribution is -0.108. The van der Waals surface area contributed by atoms with E-state index < -0.39 is 0 Å². The van der Waals surface area contributed by atoms with Crippen molar-refractivity contribution in [1.29, 1.82) is 0 Å². The van der Waals surface area contributed by atoms with Crippen molar-refractivity contribution in [3.8, 4) is 11.1 Å². The molecule has 5 heteroatoms. The molecule has 2 rings (SSSR count). The SMILES string of the molecule is O=CCn1cc(-c2ccncc2)c(=O)[nH]1. The molecule has 0 aliphatic heterocycles. The largest absolute Gasteiger partial charge is 0.301 e. The van der Waals surface area contributed by atoms with Crippen LogP contribution in [0.25, 0.3) is 11.1 Å². The summed E-state index contributed by atoms with van der Waals surface area (Å²) >= 11 is 0. The molecule has 5 nitrogen and oxygen atoms in total.